The number of aliphatic hydroxyl groups excluding tert-OH is 1. The molecular formula is C12H15N5O4. The molecule has 0 aliphatic rings. The van der Waals surface area contributed by atoms with Gasteiger partial charge >= 0.3 is 5.97 Å². The fraction of sp³-hybridized carbons (Fsp3) is 0.417. The zero-order valence-electron chi connectivity index (χ0n) is 11.5. The van der Waals surface area contributed by atoms with Crippen LogP contribution >= 0.6 is 0 Å². The van der Waals surface area contributed by atoms with E-state index in [-0.39, 0.29) is 5.56 Å². The first kappa shape index (κ1) is 14.9. The van der Waals surface area contributed by atoms with Crippen molar-refractivity contribution >= 4 is 17.7 Å². The van der Waals surface area contributed by atoms with Gasteiger partial charge in [-0.05, 0) is 13.3 Å². The number of fused-ring (bicyclic) bond motifs is 1. The Balaban J connectivity index is 2.36. The number of hydrogen-bond acceptors (Lipinski definition) is 6. The third kappa shape index (κ3) is 2.82. The van der Waals surface area contributed by atoms with Crippen molar-refractivity contribution in [3.8, 4) is 0 Å². The largest absolute Gasteiger partial charge is 0.480 e. The topological polar surface area (TPSA) is 130 Å². The molecule has 9 nitrogen and oxygen atoms in total. The van der Waals surface area contributed by atoms with E-state index in [1.807, 2.05) is 6.92 Å². The van der Waals surface area contributed by atoms with Crippen molar-refractivity contribution in [3.05, 3.63) is 23.8 Å². The summed E-state index contributed by atoms with van der Waals surface area (Å²) >= 11 is 0. The molecule has 0 saturated carbocycles. The standard InChI is InChI=1S/C12H15N5O4/c1-3-8-7(4-13-12-14-5-15-17(8)12)10(19)16-9(6(2)18)11(20)21/h4-6,9,18H,3H2,1-2H3,(H,16,19)(H,20,21)/t6-,9+/m1/s1. The number of aryl methyl sites for hydroxylation is 1. The first-order chi connectivity index (χ1) is 9.95. The van der Waals surface area contributed by atoms with Crippen molar-refractivity contribution in [3.63, 3.8) is 0 Å². The maximum absolute atomic E-state index is 12.2. The number of carboxylic acid groups (broad SMARTS) is 1. The van der Waals surface area contributed by atoms with Gasteiger partial charge in [-0.25, -0.2) is 14.3 Å². The van der Waals surface area contributed by atoms with Gasteiger partial charge in [-0.2, -0.15) is 10.1 Å². The number of aromatic nitrogens is 4. The molecule has 0 spiro atoms. The highest BCUT2D eigenvalue weighted by molar-refractivity contribution is 5.97. The van der Waals surface area contributed by atoms with Crippen LogP contribution in [0.4, 0.5) is 0 Å². The number of carboxylic acids is 1. The van der Waals surface area contributed by atoms with E-state index in [1.54, 1.807) is 0 Å². The van der Waals surface area contributed by atoms with Crippen LogP contribution in [0.1, 0.15) is 29.9 Å². The second-order valence-corrected chi connectivity index (χ2v) is 4.47. The van der Waals surface area contributed by atoms with Crippen LogP contribution in [0.15, 0.2) is 12.5 Å². The number of aliphatic carboxylic acids is 1. The Bertz CT molecular complexity index is 681. The Morgan fingerprint density at radius 3 is 2.71 bits per heavy atom. The zero-order valence-corrected chi connectivity index (χ0v) is 11.5. The molecule has 2 rings (SSSR count). The van der Waals surface area contributed by atoms with E-state index in [0.717, 1.165) is 0 Å². The van der Waals surface area contributed by atoms with E-state index in [4.69, 9.17) is 5.11 Å². The number of carbonyl (C=O) groups is 2. The van der Waals surface area contributed by atoms with Crippen molar-refractivity contribution in [2.24, 2.45) is 0 Å². The van der Waals surface area contributed by atoms with Gasteiger partial charge in [-0.3, -0.25) is 4.79 Å². The monoisotopic (exact) mass is 293 g/mol. The molecule has 2 heterocycles. The average molecular weight is 293 g/mol. The Kier molecular flexibility index (Phi) is 4.13. The molecule has 1 amide bonds. The van der Waals surface area contributed by atoms with E-state index in [0.29, 0.717) is 17.9 Å². The van der Waals surface area contributed by atoms with Crippen LogP contribution in [0.2, 0.25) is 0 Å². The number of hydrogen-bond donors (Lipinski definition) is 3. The van der Waals surface area contributed by atoms with Crippen LogP contribution in [0.25, 0.3) is 5.78 Å². The van der Waals surface area contributed by atoms with Crippen LogP contribution in [-0.4, -0.2) is 53.8 Å². The van der Waals surface area contributed by atoms with Gasteiger partial charge in [0.2, 0.25) is 0 Å². The lowest BCUT2D eigenvalue weighted by Crippen LogP contribution is -2.47. The van der Waals surface area contributed by atoms with E-state index >= 15 is 0 Å². The fourth-order valence-corrected chi connectivity index (χ4v) is 1.96. The number of rotatable bonds is 5. The number of nitrogens with one attached hydrogen (secondary N) is 1. The molecule has 9 heteroatoms. The minimum atomic E-state index is -1.39. The molecule has 112 valence electrons. The Morgan fingerprint density at radius 1 is 1.43 bits per heavy atom. The van der Waals surface area contributed by atoms with Crippen molar-refractivity contribution in [2.75, 3.05) is 0 Å². The first-order valence-corrected chi connectivity index (χ1v) is 6.35. The van der Waals surface area contributed by atoms with Gasteiger partial charge in [0.25, 0.3) is 11.7 Å². The molecule has 0 bridgehead atoms. The van der Waals surface area contributed by atoms with Crippen LogP contribution in [-0.2, 0) is 11.2 Å². The highest BCUT2D eigenvalue weighted by atomic mass is 16.4. The van der Waals surface area contributed by atoms with Gasteiger partial charge in [0.05, 0.1) is 17.4 Å². The Hall–Kier alpha value is -2.55. The predicted octanol–water partition coefficient (Wildman–Crippen LogP) is -0.750. The summed E-state index contributed by atoms with van der Waals surface area (Å²) in [6, 6.07) is -1.39. The lowest BCUT2D eigenvalue weighted by Gasteiger charge is -2.17. The maximum Gasteiger partial charge on any atom is 0.328 e. The molecular weight excluding hydrogens is 278 g/mol. The minimum absolute atomic E-state index is 0.197. The molecule has 0 aliphatic carbocycles. The van der Waals surface area contributed by atoms with E-state index < -0.39 is 24.0 Å². The second-order valence-electron chi connectivity index (χ2n) is 4.47. The summed E-state index contributed by atoms with van der Waals surface area (Å²) in [5.41, 5.74) is 0.757. The number of carbonyl (C=O) groups excluding carboxylic acids is 1. The average Bonchev–Trinajstić information content (AvgIpc) is 2.90. The molecule has 21 heavy (non-hydrogen) atoms. The third-order valence-corrected chi connectivity index (χ3v) is 3.02. The summed E-state index contributed by atoms with van der Waals surface area (Å²) in [6.45, 7) is 3.12. The van der Waals surface area contributed by atoms with E-state index in [9.17, 15) is 14.7 Å². The SMILES string of the molecule is CCc1c(C(=O)N[C@H](C(=O)O)[C@@H](C)O)cnc2ncnn12. The highest BCUT2D eigenvalue weighted by Gasteiger charge is 2.27. The van der Waals surface area contributed by atoms with Crippen LogP contribution < -0.4 is 5.32 Å². The second kappa shape index (κ2) is 5.83. The summed E-state index contributed by atoms with van der Waals surface area (Å²) in [6.07, 6.45) is 1.90. The molecule has 0 aromatic carbocycles. The van der Waals surface area contributed by atoms with Crippen molar-refractivity contribution in [1.29, 1.82) is 0 Å². The molecule has 0 radical (unpaired) electrons. The van der Waals surface area contributed by atoms with Gasteiger partial charge in [-0.1, -0.05) is 6.92 Å². The summed E-state index contributed by atoms with van der Waals surface area (Å²) in [5, 5.41) is 24.6. The van der Waals surface area contributed by atoms with Crippen LogP contribution in [0.3, 0.4) is 0 Å². The molecule has 2 atom stereocenters. The van der Waals surface area contributed by atoms with E-state index in [1.165, 1.54) is 24.0 Å². The van der Waals surface area contributed by atoms with Gasteiger partial charge in [0.15, 0.2) is 6.04 Å². The fourth-order valence-electron chi connectivity index (χ4n) is 1.96. The molecule has 2 aromatic heterocycles. The summed E-state index contributed by atoms with van der Waals surface area (Å²) in [5.74, 6) is -1.59. The highest BCUT2D eigenvalue weighted by Crippen LogP contribution is 2.10. The molecule has 2 aromatic rings. The van der Waals surface area contributed by atoms with Gasteiger partial charge < -0.3 is 15.5 Å². The zero-order chi connectivity index (χ0) is 15.6. The van der Waals surface area contributed by atoms with Crippen LogP contribution in [0.5, 0.6) is 0 Å². The quantitative estimate of drug-likeness (QED) is 0.661. The molecule has 0 fully saturated rings. The first-order valence-electron chi connectivity index (χ1n) is 6.35. The molecule has 3 N–H and O–H groups in total. The lowest BCUT2D eigenvalue weighted by atomic mass is 10.1. The third-order valence-electron chi connectivity index (χ3n) is 3.02. The number of aliphatic hydroxyl groups is 1. The molecule has 0 aliphatic heterocycles. The molecule has 0 unspecified atom stereocenters. The van der Waals surface area contributed by atoms with Gasteiger partial charge in [0, 0.05) is 6.20 Å². The van der Waals surface area contributed by atoms with Crippen molar-refractivity contribution < 1.29 is 19.8 Å². The smallest absolute Gasteiger partial charge is 0.328 e. The number of nitrogens with zero attached hydrogens (tertiary/aromatic N) is 4. The van der Waals surface area contributed by atoms with Crippen molar-refractivity contribution in [1.82, 2.24) is 24.9 Å². The summed E-state index contributed by atoms with van der Waals surface area (Å²) in [4.78, 5) is 31.1. The van der Waals surface area contributed by atoms with Gasteiger partial charge in [0.1, 0.15) is 6.33 Å². The van der Waals surface area contributed by atoms with Crippen molar-refractivity contribution in [2.45, 2.75) is 32.4 Å². The van der Waals surface area contributed by atoms with Gasteiger partial charge in [-0.15, -0.1) is 0 Å². The predicted molar refractivity (Wildman–Crippen MR) is 70.7 cm³/mol. The lowest BCUT2D eigenvalue weighted by molar-refractivity contribution is -0.141. The number of amides is 1. The summed E-state index contributed by atoms with van der Waals surface area (Å²) < 4.78 is 1.42. The normalized spacial score (nSPS) is 13.9. The maximum atomic E-state index is 12.2. The van der Waals surface area contributed by atoms with E-state index in [2.05, 4.69) is 20.4 Å². The Morgan fingerprint density at radius 2 is 2.14 bits per heavy atom. The van der Waals surface area contributed by atoms with Crippen LogP contribution in [0, 0.1) is 0 Å². The summed E-state index contributed by atoms with van der Waals surface area (Å²) in [7, 11) is 0. The minimum Gasteiger partial charge on any atom is -0.480 e. The molecule has 0 saturated heterocycles. The Labute approximate surface area is 119 Å².